The lowest BCUT2D eigenvalue weighted by atomic mass is 10.1. The van der Waals surface area contributed by atoms with E-state index in [4.69, 9.17) is 14.2 Å². The Kier molecular flexibility index (Phi) is 7.67. The van der Waals surface area contributed by atoms with E-state index in [1.165, 1.54) is 0 Å². The molecule has 2 aromatic carbocycles. The first-order valence-electron chi connectivity index (χ1n) is 8.88. The zero-order valence-corrected chi connectivity index (χ0v) is 15.9. The maximum Gasteiger partial charge on any atom is 0.306 e. The monoisotopic (exact) mass is 371 g/mol. The summed E-state index contributed by atoms with van der Waals surface area (Å²) in [6.07, 6.45) is -0.174. The van der Waals surface area contributed by atoms with Crippen molar-refractivity contribution in [3.63, 3.8) is 0 Å². The number of amides is 1. The van der Waals surface area contributed by atoms with Crippen molar-refractivity contribution in [2.45, 2.75) is 32.8 Å². The van der Waals surface area contributed by atoms with Gasteiger partial charge in [0.15, 0.2) is 6.10 Å². The third-order valence-electron chi connectivity index (χ3n) is 3.90. The maximum absolute atomic E-state index is 12.3. The number of nitrogens with one attached hydrogen (secondary N) is 1. The number of para-hydroxylation sites is 2. The van der Waals surface area contributed by atoms with Gasteiger partial charge < -0.3 is 19.5 Å². The van der Waals surface area contributed by atoms with Crippen molar-refractivity contribution in [1.29, 1.82) is 0 Å². The molecule has 0 aromatic heterocycles. The first-order chi connectivity index (χ1) is 13.0. The van der Waals surface area contributed by atoms with Crippen LogP contribution in [-0.4, -0.2) is 31.7 Å². The predicted octanol–water partition coefficient (Wildman–Crippen LogP) is 3.60. The number of benzene rings is 2. The summed E-state index contributed by atoms with van der Waals surface area (Å²) in [5.74, 6) is 0.511. The van der Waals surface area contributed by atoms with Crippen LogP contribution in [0.15, 0.2) is 48.5 Å². The van der Waals surface area contributed by atoms with Gasteiger partial charge in [-0.05, 0) is 50.1 Å². The Hall–Kier alpha value is -3.02. The Labute approximate surface area is 159 Å². The van der Waals surface area contributed by atoms with Crippen LogP contribution in [0.1, 0.15) is 25.8 Å². The fraction of sp³-hybridized carbons (Fsp3) is 0.333. The highest BCUT2D eigenvalue weighted by Crippen LogP contribution is 2.24. The summed E-state index contributed by atoms with van der Waals surface area (Å²) in [4.78, 5) is 24.3. The minimum atomic E-state index is -0.900. The number of anilines is 1. The molecule has 144 valence electrons. The quantitative estimate of drug-likeness (QED) is 0.682. The summed E-state index contributed by atoms with van der Waals surface area (Å²) in [6, 6.07) is 14.6. The Morgan fingerprint density at radius 1 is 1.07 bits per heavy atom. The highest BCUT2D eigenvalue weighted by molar-refractivity contribution is 5.96. The van der Waals surface area contributed by atoms with Gasteiger partial charge >= 0.3 is 5.97 Å². The SMILES string of the molecule is CCOc1ccccc1NC(=O)[C@@H](C)OC(=O)CCc1ccc(OC)cc1. The van der Waals surface area contributed by atoms with Crippen LogP contribution in [0.4, 0.5) is 5.69 Å². The number of carbonyl (C=O) groups is 2. The first kappa shape index (κ1) is 20.3. The standard InChI is InChI=1S/C21H25NO5/c1-4-26-19-8-6-5-7-18(19)22-21(24)15(2)27-20(23)14-11-16-9-12-17(25-3)13-10-16/h5-10,12-13,15H,4,11,14H2,1-3H3,(H,22,24)/t15-/m1/s1. The number of hydrogen-bond donors (Lipinski definition) is 1. The fourth-order valence-corrected chi connectivity index (χ4v) is 2.43. The van der Waals surface area contributed by atoms with Crippen LogP contribution in [0.25, 0.3) is 0 Å². The zero-order valence-electron chi connectivity index (χ0n) is 15.9. The van der Waals surface area contributed by atoms with Crippen LogP contribution >= 0.6 is 0 Å². The smallest absolute Gasteiger partial charge is 0.306 e. The highest BCUT2D eigenvalue weighted by atomic mass is 16.5. The molecule has 1 amide bonds. The first-order valence-corrected chi connectivity index (χ1v) is 8.88. The van der Waals surface area contributed by atoms with Crippen LogP contribution in [0.3, 0.4) is 0 Å². The molecule has 0 heterocycles. The highest BCUT2D eigenvalue weighted by Gasteiger charge is 2.19. The second-order valence-electron chi connectivity index (χ2n) is 5.90. The topological polar surface area (TPSA) is 73.9 Å². The van der Waals surface area contributed by atoms with E-state index in [1.807, 2.05) is 37.3 Å². The molecule has 0 bridgehead atoms. The molecule has 0 spiro atoms. The maximum atomic E-state index is 12.3. The van der Waals surface area contributed by atoms with Gasteiger partial charge in [-0.1, -0.05) is 24.3 Å². The lowest BCUT2D eigenvalue weighted by molar-refractivity contribution is -0.153. The van der Waals surface area contributed by atoms with Gasteiger partial charge in [-0.3, -0.25) is 9.59 Å². The summed E-state index contributed by atoms with van der Waals surface area (Å²) in [6.45, 7) is 3.90. The molecule has 0 aliphatic rings. The van der Waals surface area contributed by atoms with E-state index in [9.17, 15) is 9.59 Å². The molecule has 27 heavy (non-hydrogen) atoms. The van der Waals surface area contributed by atoms with Gasteiger partial charge in [-0.15, -0.1) is 0 Å². The van der Waals surface area contributed by atoms with Crippen LogP contribution in [0.2, 0.25) is 0 Å². The molecule has 0 aliphatic heterocycles. The second kappa shape index (κ2) is 10.2. The number of ether oxygens (including phenoxy) is 3. The van der Waals surface area contributed by atoms with E-state index in [2.05, 4.69) is 5.32 Å². The molecule has 2 rings (SSSR count). The summed E-state index contributed by atoms with van der Waals surface area (Å²) < 4.78 is 15.8. The summed E-state index contributed by atoms with van der Waals surface area (Å²) >= 11 is 0. The van der Waals surface area contributed by atoms with Crippen molar-refractivity contribution in [1.82, 2.24) is 0 Å². The predicted molar refractivity (Wildman–Crippen MR) is 103 cm³/mol. The van der Waals surface area contributed by atoms with E-state index < -0.39 is 18.0 Å². The molecule has 6 nitrogen and oxygen atoms in total. The molecule has 1 N–H and O–H groups in total. The van der Waals surface area contributed by atoms with Gasteiger partial charge in [-0.2, -0.15) is 0 Å². The number of aryl methyl sites for hydroxylation is 1. The molecule has 0 radical (unpaired) electrons. The lowest BCUT2D eigenvalue weighted by Gasteiger charge is -2.15. The Balaban J connectivity index is 1.83. The molecule has 0 aliphatic carbocycles. The number of rotatable bonds is 9. The van der Waals surface area contributed by atoms with Crippen molar-refractivity contribution in [2.75, 3.05) is 19.0 Å². The van der Waals surface area contributed by atoms with E-state index >= 15 is 0 Å². The van der Waals surface area contributed by atoms with Crippen LogP contribution in [-0.2, 0) is 20.7 Å². The van der Waals surface area contributed by atoms with Crippen molar-refractivity contribution in [3.05, 3.63) is 54.1 Å². The largest absolute Gasteiger partial charge is 0.497 e. The average Bonchev–Trinajstić information content (AvgIpc) is 2.68. The molecule has 0 saturated carbocycles. The van der Waals surface area contributed by atoms with Gasteiger partial charge in [0, 0.05) is 6.42 Å². The molecule has 0 saturated heterocycles. The van der Waals surface area contributed by atoms with Crippen molar-refractivity contribution in [3.8, 4) is 11.5 Å². The van der Waals surface area contributed by atoms with E-state index in [0.29, 0.717) is 24.5 Å². The molecular weight excluding hydrogens is 346 g/mol. The van der Waals surface area contributed by atoms with Gasteiger partial charge in [0.1, 0.15) is 11.5 Å². The van der Waals surface area contributed by atoms with Crippen molar-refractivity contribution in [2.24, 2.45) is 0 Å². The van der Waals surface area contributed by atoms with Crippen molar-refractivity contribution >= 4 is 17.6 Å². The van der Waals surface area contributed by atoms with Gasteiger partial charge in [-0.25, -0.2) is 0 Å². The van der Waals surface area contributed by atoms with Crippen LogP contribution in [0.5, 0.6) is 11.5 Å². The van der Waals surface area contributed by atoms with Crippen LogP contribution in [0, 0.1) is 0 Å². The molecule has 1 atom stereocenters. The van der Waals surface area contributed by atoms with E-state index in [0.717, 1.165) is 11.3 Å². The second-order valence-corrected chi connectivity index (χ2v) is 5.90. The molecule has 6 heteroatoms. The van der Waals surface area contributed by atoms with Gasteiger partial charge in [0.2, 0.25) is 0 Å². The Bertz CT molecular complexity index is 757. The van der Waals surface area contributed by atoms with Gasteiger partial charge in [0.25, 0.3) is 5.91 Å². The Morgan fingerprint density at radius 3 is 2.44 bits per heavy atom. The Morgan fingerprint density at radius 2 is 1.78 bits per heavy atom. The number of methoxy groups -OCH3 is 1. The zero-order chi connectivity index (χ0) is 19.6. The van der Waals surface area contributed by atoms with Crippen molar-refractivity contribution < 1.29 is 23.8 Å². The fourth-order valence-electron chi connectivity index (χ4n) is 2.43. The summed E-state index contributed by atoms with van der Waals surface area (Å²) in [5.41, 5.74) is 1.54. The molecule has 2 aromatic rings. The van der Waals surface area contributed by atoms with Gasteiger partial charge in [0.05, 0.1) is 19.4 Å². The number of hydrogen-bond acceptors (Lipinski definition) is 5. The number of carbonyl (C=O) groups excluding carboxylic acids is 2. The normalized spacial score (nSPS) is 11.4. The minimum absolute atomic E-state index is 0.194. The van der Waals surface area contributed by atoms with Crippen LogP contribution < -0.4 is 14.8 Å². The molecule has 0 unspecified atom stereocenters. The average molecular weight is 371 g/mol. The third kappa shape index (κ3) is 6.33. The molecule has 0 fully saturated rings. The summed E-state index contributed by atoms with van der Waals surface area (Å²) in [7, 11) is 1.60. The van der Waals surface area contributed by atoms with E-state index in [1.54, 1.807) is 32.2 Å². The summed E-state index contributed by atoms with van der Waals surface area (Å²) in [5, 5.41) is 2.73. The lowest BCUT2D eigenvalue weighted by Crippen LogP contribution is -2.30. The van der Waals surface area contributed by atoms with E-state index in [-0.39, 0.29) is 6.42 Å². The number of esters is 1. The molecular formula is C21H25NO5. The third-order valence-corrected chi connectivity index (χ3v) is 3.90. The minimum Gasteiger partial charge on any atom is -0.497 e.